The van der Waals surface area contributed by atoms with E-state index >= 15 is 0 Å². The molecule has 1 unspecified atom stereocenters. The van der Waals surface area contributed by atoms with Gasteiger partial charge in [0.15, 0.2) is 0 Å². The normalized spacial score (nSPS) is 17.0. The highest BCUT2D eigenvalue weighted by molar-refractivity contribution is 7.88. The number of sulfonamides is 1. The first-order valence-electron chi connectivity index (χ1n) is 10.1. The fraction of sp³-hybridized carbons (Fsp3) is 0.250. The maximum Gasteiger partial charge on any atom is 0.218 e. The molecule has 6 heteroatoms. The van der Waals surface area contributed by atoms with Gasteiger partial charge in [0.05, 0.1) is 11.8 Å². The largest absolute Gasteiger partial charge is 0.290 e. The van der Waals surface area contributed by atoms with Gasteiger partial charge in [-0.2, -0.15) is 4.31 Å². The maximum absolute atomic E-state index is 12.9. The molecule has 4 nitrogen and oxygen atoms in total. The summed E-state index contributed by atoms with van der Waals surface area (Å²) >= 11 is 6.10. The van der Waals surface area contributed by atoms with Crippen LogP contribution >= 0.6 is 11.6 Å². The van der Waals surface area contributed by atoms with Gasteiger partial charge in [0, 0.05) is 31.2 Å². The van der Waals surface area contributed by atoms with Gasteiger partial charge in [-0.3, -0.25) is 4.90 Å². The van der Waals surface area contributed by atoms with Crippen LogP contribution in [0.2, 0.25) is 5.02 Å². The standard InChI is InChI=1S/C24H25ClN2O2S/c25-23-13-11-22(12-14-23)24(21-9-5-2-6-10-21)26-15-17-27(18-16-26)30(28,29)19-20-7-3-1-4-8-20/h1-14,24H,15-19H2. The molecule has 4 rings (SSSR count). The smallest absolute Gasteiger partial charge is 0.218 e. The van der Waals surface area contributed by atoms with Gasteiger partial charge in [0.2, 0.25) is 10.0 Å². The third kappa shape index (κ3) is 4.93. The van der Waals surface area contributed by atoms with Crippen LogP contribution in [0, 0.1) is 0 Å². The Morgan fingerprint density at radius 1 is 0.733 bits per heavy atom. The molecular formula is C24H25ClN2O2S. The van der Waals surface area contributed by atoms with E-state index in [1.54, 1.807) is 4.31 Å². The Kier molecular flexibility index (Phi) is 6.54. The molecule has 1 saturated heterocycles. The van der Waals surface area contributed by atoms with Crippen LogP contribution in [0.25, 0.3) is 0 Å². The summed E-state index contributed by atoms with van der Waals surface area (Å²) < 4.78 is 27.4. The van der Waals surface area contributed by atoms with Crippen LogP contribution in [-0.2, 0) is 15.8 Å². The van der Waals surface area contributed by atoms with Gasteiger partial charge in [0.1, 0.15) is 0 Å². The molecule has 0 aliphatic carbocycles. The minimum atomic E-state index is -3.33. The van der Waals surface area contributed by atoms with Gasteiger partial charge in [-0.05, 0) is 28.8 Å². The van der Waals surface area contributed by atoms with Crippen LogP contribution in [0.4, 0.5) is 0 Å². The van der Waals surface area contributed by atoms with Gasteiger partial charge >= 0.3 is 0 Å². The fourth-order valence-electron chi connectivity index (χ4n) is 4.01. The molecule has 0 radical (unpaired) electrons. The average molecular weight is 441 g/mol. The quantitative estimate of drug-likeness (QED) is 0.563. The Balaban J connectivity index is 1.51. The molecule has 0 N–H and O–H groups in total. The number of benzene rings is 3. The predicted octanol–water partition coefficient (Wildman–Crippen LogP) is 4.58. The molecule has 1 fully saturated rings. The van der Waals surface area contributed by atoms with Crippen molar-refractivity contribution >= 4 is 21.6 Å². The highest BCUT2D eigenvalue weighted by Gasteiger charge is 2.31. The Morgan fingerprint density at radius 2 is 1.27 bits per heavy atom. The molecule has 1 aliphatic rings. The van der Waals surface area contributed by atoms with Crippen molar-refractivity contribution in [3.05, 3.63) is 107 Å². The van der Waals surface area contributed by atoms with Crippen molar-refractivity contribution in [2.24, 2.45) is 0 Å². The Hall–Kier alpha value is -2.18. The van der Waals surface area contributed by atoms with E-state index in [1.807, 2.05) is 60.7 Å². The molecular weight excluding hydrogens is 416 g/mol. The lowest BCUT2D eigenvalue weighted by Gasteiger charge is -2.39. The summed E-state index contributed by atoms with van der Waals surface area (Å²) in [5.74, 6) is 0.0487. The molecule has 3 aromatic rings. The molecule has 30 heavy (non-hydrogen) atoms. The predicted molar refractivity (Wildman–Crippen MR) is 122 cm³/mol. The Labute approximate surface area is 183 Å². The molecule has 0 bridgehead atoms. The van der Waals surface area contributed by atoms with Crippen molar-refractivity contribution in [3.8, 4) is 0 Å². The third-order valence-electron chi connectivity index (χ3n) is 5.52. The molecule has 0 amide bonds. The van der Waals surface area contributed by atoms with Gasteiger partial charge in [-0.25, -0.2) is 8.42 Å². The van der Waals surface area contributed by atoms with Crippen LogP contribution in [0.5, 0.6) is 0 Å². The zero-order chi connectivity index (χ0) is 21.0. The number of hydrogen-bond acceptors (Lipinski definition) is 3. The second-order valence-corrected chi connectivity index (χ2v) is 9.95. The highest BCUT2D eigenvalue weighted by Crippen LogP contribution is 2.31. The Bertz CT molecular complexity index is 1050. The number of piperazine rings is 1. The van der Waals surface area contributed by atoms with Crippen molar-refractivity contribution < 1.29 is 8.42 Å². The van der Waals surface area contributed by atoms with Gasteiger partial charge < -0.3 is 0 Å². The molecule has 1 atom stereocenters. The van der Waals surface area contributed by atoms with E-state index in [0.29, 0.717) is 31.2 Å². The molecule has 1 heterocycles. The first-order chi connectivity index (χ1) is 14.5. The second-order valence-electron chi connectivity index (χ2n) is 7.54. The molecule has 0 saturated carbocycles. The van der Waals surface area contributed by atoms with E-state index in [9.17, 15) is 8.42 Å². The second kappa shape index (κ2) is 9.31. The summed E-state index contributed by atoms with van der Waals surface area (Å²) in [6, 6.07) is 27.7. The summed E-state index contributed by atoms with van der Waals surface area (Å²) in [6.45, 7) is 2.34. The SMILES string of the molecule is O=S(=O)(Cc1ccccc1)N1CCN(C(c2ccccc2)c2ccc(Cl)cc2)CC1. The summed E-state index contributed by atoms with van der Waals surface area (Å²) in [7, 11) is -3.33. The molecule has 3 aromatic carbocycles. The molecule has 0 spiro atoms. The summed E-state index contributed by atoms with van der Waals surface area (Å²) in [6.07, 6.45) is 0. The van der Waals surface area contributed by atoms with Crippen LogP contribution in [-0.4, -0.2) is 43.8 Å². The third-order valence-corrected chi connectivity index (χ3v) is 7.63. The summed E-state index contributed by atoms with van der Waals surface area (Å²) in [5.41, 5.74) is 3.18. The zero-order valence-electron chi connectivity index (χ0n) is 16.7. The molecule has 0 aromatic heterocycles. The van der Waals surface area contributed by atoms with Crippen LogP contribution in [0.1, 0.15) is 22.7 Å². The van der Waals surface area contributed by atoms with Crippen LogP contribution in [0.3, 0.4) is 0 Å². The lowest BCUT2D eigenvalue weighted by Crippen LogP contribution is -2.50. The minimum Gasteiger partial charge on any atom is -0.290 e. The molecule has 1 aliphatic heterocycles. The first kappa shape index (κ1) is 21.1. The monoisotopic (exact) mass is 440 g/mol. The van der Waals surface area contributed by atoms with Gasteiger partial charge in [-0.1, -0.05) is 84.4 Å². The number of rotatable bonds is 6. The van der Waals surface area contributed by atoms with Gasteiger partial charge in [-0.15, -0.1) is 0 Å². The Morgan fingerprint density at radius 3 is 1.87 bits per heavy atom. The van der Waals surface area contributed by atoms with E-state index in [0.717, 1.165) is 11.1 Å². The minimum absolute atomic E-state index is 0.0487. The highest BCUT2D eigenvalue weighted by atomic mass is 35.5. The van der Waals surface area contributed by atoms with Gasteiger partial charge in [0.25, 0.3) is 0 Å². The maximum atomic E-state index is 12.9. The summed E-state index contributed by atoms with van der Waals surface area (Å²) in [4.78, 5) is 2.35. The van der Waals surface area contributed by atoms with E-state index < -0.39 is 10.0 Å². The molecule has 156 valence electrons. The number of halogens is 1. The van der Waals surface area contributed by atoms with Crippen molar-refractivity contribution in [1.82, 2.24) is 9.21 Å². The van der Waals surface area contributed by atoms with E-state index in [1.165, 1.54) is 5.56 Å². The lowest BCUT2D eigenvalue weighted by molar-refractivity contribution is 0.155. The van der Waals surface area contributed by atoms with Crippen LogP contribution in [0.15, 0.2) is 84.9 Å². The van der Waals surface area contributed by atoms with Crippen LogP contribution < -0.4 is 0 Å². The lowest BCUT2D eigenvalue weighted by atomic mass is 9.96. The van der Waals surface area contributed by atoms with Crippen molar-refractivity contribution in [1.29, 1.82) is 0 Å². The van der Waals surface area contributed by atoms with E-state index in [-0.39, 0.29) is 11.8 Å². The number of nitrogens with zero attached hydrogens (tertiary/aromatic N) is 2. The first-order valence-corrected chi connectivity index (χ1v) is 12.1. The topological polar surface area (TPSA) is 40.6 Å². The zero-order valence-corrected chi connectivity index (χ0v) is 18.3. The average Bonchev–Trinajstić information content (AvgIpc) is 2.77. The van der Waals surface area contributed by atoms with E-state index in [2.05, 4.69) is 29.2 Å². The number of hydrogen-bond donors (Lipinski definition) is 0. The van der Waals surface area contributed by atoms with Crippen molar-refractivity contribution in [2.45, 2.75) is 11.8 Å². The summed E-state index contributed by atoms with van der Waals surface area (Å²) in [5, 5.41) is 0.711. The fourth-order valence-corrected chi connectivity index (χ4v) is 5.65. The van der Waals surface area contributed by atoms with E-state index in [4.69, 9.17) is 11.6 Å². The van der Waals surface area contributed by atoms with Crippen molar-refractivity contribution in [3.63, 3.8) is 0 Å². The van der Waals surface area contributed by atoms with Crippen molar-refractivity contribution in [2.75, 3.05) is 26.2 Å².